The molecule has 2 atom stereocenters. The predicted octanol–water partition coefficient (Wildman–Crippen LogP) is 2.02. The van der Waals surface area contributed by atoms with Crippen molar-refractivity contribution in [3.8, 4) is 0 Å². The lowest BCUT2D eigenvalue weighted by molar-refractivity contribution is -0.137. The summed E-state index contributed by atoms with van der Waals surface area (Å²) in [6.45, 7) is 6.15. The summed E-state index contributed by atoms with van der Waals surface area (Å²) in [4.78, 5) is 26.6. The highest BCUT2D eigenvalue weighted by Gasteiger charge is 2.29. The predicted molar refractivity (Wildman–Crippen MR) is 111 cm³/mol. The molecular weight excluding hydrogens is 432 g/mol. The Labute approximate surface area is 182 Å². The number of ether oxygens (including phenoxy) is 2. The lowest BCUT2D eigenvalue weighted by atomic mass is 9.92. The van der Waals surface area contributed by atoms with Crippen LogP contribution in [-0.4, -0.2) is 75.5 Å². The van der Waals surface area contributed by atoms with Crippen molar-refractivity contribution < 1.29 is 27.5 Å². The van der Waals surface area contributed by atoms with E-state index in [4.69, 9.17) is 21.1 Å². The highest BCUT2D eigenvalue weighted by atomic mass is 35.5. The van der Waals surface area contributed by atoms with E-state index in [0.717, 1.165) is 6.42 Å². The summed E-state index contributed by atoms with van der Waals surface area (Å²) < 4.78 is 37.3. The molecule has 2 saturated heterocycles. The molecule has 0 unspecified atom stereocenters. The Kier molecular flexibility index (Phi) is 7.38. The molecule has 0 aromatic heterocycles. The number of hydrogen-bond acceptors (Lipinski definition) is 6. The van der Waals surface area contributed by atoms with Gasteiger partial charge in [-0.1, -0.05) is 25.4 Å². The van der Waals surface area contributed by atoms with Crippen LogP contribution in [0.25, 0.3) is 0 Å². The highest BCUT2D eigenvalue weighted by Crippen LogP contribution is 2.25. The molecule has 2 aliphatic heterocycles. The average Bonchev–Trinajstić information content (AvgIpc) is 2.71. The molecule has 10 heteroatoms. The molecule has 166 valence electrons. The number of hydrogen-bond donors (Lipinski definition) is 0. The molecule has 3 rings (SSSR count). The summed E-state index contributed by atoms with van der Waals surface area (Å²) in [5.74, 6) is -0.310. The van der Waals surface area contributed by atoms with E-state index in [0.29, 0.717) is 38.1 Å². The summed E-state index contributed by atoms with van der Waals surface area (Å²) in [5.41, 5.74) is -0.0841. The monoisotopic (exact) mass is 458 g/mol. The van der Waals surface area contributed by atoms with Crippen LogP contribution in [0.1, 0.15) is 30.6 Å². The van der Waals surface area contributed by atoms with E-state index in [2.05, 4.69) is 13.8 Å². The van der Waals surface area contributed by atoms with Crippen molar-refractivity contribution in [3.63, 3.8) is 0 Å². The molecule has 0 bridgehead atoms. The zero-order chi connectivity index (χ0) is 21.9. The molecule has 0 aliphatic carbocycles. The van der Waals surface area contributed by atoms with Crippen LogP contribution >= 0.6 is 11.6 Å². The minimum absolute atomic E-state index is 0.0502. The molecule has 30 heavy (non-hydrogen) atoms. The van der Waals surface area contributed by atoms with E-state index in [-0.39, 0.29) is 34.5 Å². The Morgan fingerprint density at radius 3 is 2.43 bits per heavy atom. The Bertz CT molecular complexity index is 891. The number of amides is 1. The molecule has 2 fully saturated rings. The lowest BCUT2D eigenvalue weighted by Gasteiger charge is -2.34. The van der Waals surface area contributed by atoms with Crippen molar-refractivity contribution in [3.05, 3.63) is 28.8 Å². The zero-order valence-electron chi connectivity index (χ0n) is 17.2. The van der Waals surface area contributed by atoms with Gasteiger partial charge in [0.1, 0.15) is 0 Å². The Hall–Kier alpha value is -1.68. The van der Waals surface area contributed by atoms with Gasteiger partial charge in [0, 0.05) is 26.2 Å². The second kappa shape index (κ2) is 9.64. The maximum atomic E-state index is 12.8. The van der Waals surface area contributed by atoms with Crippen LogP contribution in [-0.2, 0) is 24.3 Å². The molecule has 0 N–H and O–H groups in total. The summed E-state index contributed by atoms with van der Waals surface area (Å²) in [5, 5.41) is 0.0635. The van der Waals surface area contributed by atoms with Crippen molar-refractivity contribution in [1.29, 1.82) is 0 Å². The smallest absolute Gasteiger partial charge is 0.340 e. The van der Waals surface area contributed by atoms with Crippen LogP contribution in [0.5, 0.6) is 0 Å². The number of rotatable bonds is 5. The van der Waals surface area contributed by atoms with Crippen molar-refractivity contribution in [1.82, 2.24) is 9.21 Å². The maximum absolute atomic E-state index is 12.8. The fourth-order valence-corrected chi connectivity index (χ4v) is 5.55. The molecule has 2 heterocycles. The molecule has 8 nitrogen and oxygen atoms in total. The van der Waals surface area contributed by atoms with Gasteiger partial charge in [-0.3, -0.25) is 4.79 Å². The van der Waals surface area contributed by atoms with E-state index in [1.54, 1.807) is 4.90 Å². The van der Waals surface area contributed by atoms with Gasteiger partial charge in [-0.2, -0.15) is 4.31 Å². The minimum Gasteiger partial charge on any atom is -0.452 e. The van der Waals surface area contributed by atoms with Gasteiger partial charge in [0.25, 0.3) is 5.91 Å². The Morgan fingerprint density at radius 2 is 1.80 bits per heavy atom. The van der Waals surface area contributed by atoms with Crippen molar-refractivity contribution in [2.24, 2.45) is 11.8 Å². The van der Waals surface area contributed by atoms with Gasteiger partial charge in [0.05, 0.1) is 28.7 Å². The number of halogens is 1. The van der Waals surface area contributed by atoms with Gasteiger partial charge >= 0.3 is 5.97 Å². The molecular formula is C20H27ClN2O6S. The number of esters is 1. The molecule has 1 aromatic carbocycles. The molecule has 1 aromatic rings. The Morgan fingerprint density at radius 1 is 1.17 bits per heavy atom. The molecule has 2 aliphatic rings. The van der Waals surface area contributed by atoms with E-state index >= 15 is 0 Å². The van der Waals surface area contributed by atoms with Gasteiger partial charge < -0.3 is 14.4 Å². The summed E-state index contributed by atoms with van der Waals surface area (Å²) in [7, 11) is -3.78. The zero-order valence-corrected chi connectivity index (χ0v) is 18.7. The SMILES string of the molecule is C[C@@H]1C[C@H](C)CN(C(=O)COC(=O)c2cc(S(=O)(=O)N3CCOCC3)ccc2Cl)C1. The fourth-order valence-electron chi connectivity index (χ4n) is 3.92. The quantitative estimate of drug-likeness (QED) is 0.627. The van der Waals surface area contributed by atoms with Gasteiger partial charge in [0.2, 0.25) is 10.0 Å². The van der Waals surface area contributed by atoms with Crippen molar-refractivity contribution in [2.45, 2.75) is 25.2 Å². The summed E-state index contributed by atoms with van der Waals surface area (Å²) in [6, 6.07) is 3.90. The first-order valence-corrected chi connectivity index (χ1v) is 11.8. The number of benzene rings is 1. The van der Waals surface area contributed by atoms with E-state index in [1.165, 1.54) is 22.5 Å². The van der Waals surface area contributed by atoms with E-state index < -0.39 is 22.6 Å². The second-order valence-corrected chi connectivity index (χ2v) is 10.3. The van der Waals surface area contributed by atoms with Gasteiger partial charge in [0.15, 0.2) is 6.61 Å². The number of nitrogens with zero attached hydrogens (tertiary/aromatic N) is 2. The Balaban J connectivity index is 1.68. The van der Waals surface area contributed by atoms with Crippen LogP contribution < -0.4 is 0 Å². The maximum Gasteiger partial charge on any atom is 0.340 e. The summed E-state index contributed by atoms with van der Waals surface area (Å²) in [6.07, 6.45) is 1.06. The number of carbonyl (C=O) groups excluding carboxylic acids is 2. The third kappa shape index (κ3) is 5.32. The third-order valence-electron chi connectivity index (χ3n) is 5.31. The van der Waals surface area contributed by atoms with Gasteiger partial charge in [-0.15, -0.1) is 0 Å². The number of piperidine rings is 1. The number of likely N-dealkylation sites (tertiary alicyclic amines) is 1. The van der Waals surface area contributed by atoms with Crippen molar-refractivity contribution >= 4 is 33.5 Å². The first-order valence-electron chi connectivity index (χ1n) is 10.0. The standard InChI is InChI=1S/C20H27ClN2O6S/c1-14-9-15(2)12-22(11-14)19(24)13-29-20(25)17-10-16(3-4-18(17)21)30(26,27)23-5-7-28-8-6-23/h3-4,10,14-15H,5-9,11-13H2,1-2H3/t14-,15+. The first-order chi connectivity index (χ1) is 14.2. The highest BCUT2D eigenvalue weighted by molar-refractivity contribution is 7.89. The van der Waals surface area contributed by atoms with Gasteiger partial charge in [-0.25, -0.2) is 13.2 Å². The largest absolute Gasteiger partial charge is 0.452 e. The fraction of sp³-hybridized carbons (Fsp3) is 0.600. The molecule has 1 amide bonds. The first kappa shape index (κ1) is 23.0. The van der Waals surface area contributed by atoms with Crippen molar-refractivity contribution in [2.75, 3.05) is 46.0 Å². The van der Waals surface area contributed by atoms with E-state index in [1.807, 2.05) is 0 Å². The van der Waals surface area contributed by atoms with Gasteiger partial charge in [-0.05, 0) is 36.5 Å². The molecule has 0 saturated carbocycles. The van der Waals surface area contributed by atoms with Crippen LogP contribution in [0, 0.1) is 11.8 Å². The van der Waals surface area contributed by atoms with Crippen LogP contribution in [0.15, 0.2) is 23.1 Å². The molecule has 0 spiro atoms. The van der Waals surface area contributed by atoms with Crippen LogP contribution in [0.2, 0.25) is 5.02 Å². The lowest BCUT2D eigenvalue weighted by Crippen LogP contribution is -2.44. The topological polar surface area (TPSA) is 93.2 Å². The average molecular weight is 459 g/mol. The van der Waals surface area contributed by atoms with E-state index in [9.17, 15) is 18.0 Å². The number of sulfonamides is 1. The molecule has 0 radical (unpaired) electrons. The third-order valence-corrected chi connectivity index (χ3v) is 7.54. The number of carbonyl (C=O) groups is 2. The second-order valence-electron chi connectivity index (χ2n) is 7.98. The minimum atomic E-state index is -3.78. The number of morpholine rings is 1. The van der Waals surface area contributed by atoms with Crippen LogP contribution in [0.4, 0.5) is 0 Å². The van der Waals surface area contributed by atoms with Crippen LogP contribution in [0.3, 0.4) is 0 Å². The normalized spacial score (nSPS) is 23.2. The summed E-state index contributed by atoms with van der Waals surface area (Å²) >= 11 is 6.10.